The third-order valence-electron chi connectivity index (χ3n) is 3.64. The maximum atomic E-state index is 5.70. The normalized spacial score (nSPS) is 16.0. The van der Waals surface area contributed by atoms with Crippen molar-refractivity contribution in [3.63, 3.8) is 0 Å². The lowest BCUT2D eigenvalue weighted by molar-refractivity contribution is 0.0404. The van der Waals surface area contributed by atoms with Crippen molar-refractivity contribution < 1.29 is 14.2 Å². The van der Waals surface area contributed by atoms with Gasteiger partial charge in [-0.3, -0.25) is 4.98 Å². The van der Waals surface area contributed by atoms with Crippen LogP contribution in [0.5, 0.6) is 5.75 Å². The van der Waals surface area contributed by atoms with Crippen LogP contribution in [0.25, 0.3) is 0 Å². The van der Waals surface area contributed by atoms with Crippen molar-refractivity contribution >= 4 is 5.69 Å². The Morgan fingerprint density at radius 2 is 1.73 bits per heavy atom. The van der Waals surface area contributed by atoms with E-state index >= 15 is 0 Å². The van der Waals surface area contributed by atoms with Gasteiger partial charge in [-0.15, -0.1) is 0 Å². The first kappa shape index (κ1) is 17.0. The van der Waals surface area contributed by atoms with E-state index in [1.807, 2.05) is 13.1 Å². The molecule has 2 heterocycles. The van der Waals surface area contributed by atoms with Gasteiger partial charge in [0.25, 0.3) is 0 Å². The van der Waals surface area contributed by atoms with Crippen LogP contribution in [-0.2, 0) is 9.47 Å². The Hall–Kier alpha value is -1.37. The molecule has 0 unspecified atom stereocenters. The second kappa shape index (κ2) is 9.61. The molecule has 22 heavy (non-hydrogen) atoms. The predicted octanol–water partition coefficient (Wildman–Crippen LogP) is 1.27. The van der Waals surface area contributed by atoms with E-state index in [1.54, 1.807) is 6.20 Å². The van der Waals surface area contributed by atoms with Crippen LogP contribution in [0.3, 0.4) is 0 Å². The zero-order valence-corrected chi connectivity index (χ0v) is 13.7. The minimum atomic E-state index is 0.528. The molecule has 124 valence electrons. The standard InChI is InChI=1S/C16H27N3O3/c1-3-20-8-9-21-10-11-22-16-12-15(13-17-14-16)19-6-4-18(2)5-7-19/h12-14H,3-11H2,1-2H3. The SMILES string of the molecule is CCOCCOCCOc1cncc(N2CCN(C)CC2)c1. The Labute approximate surface area is 133 Å². The highest BCUT2D eigenvalue weighted by molar-refractivity contribution is 5.48. The number of anilines is 1. The summed E-state index contributed by atoms with van der Waals surface area (Å²) in [4.78, 5) is 8.96. The van der Waals surface area contributed by atoms with Gasteiger partial charge >= 0.3 is 0 Å². The average molecular weight is 309 g/mol. The van der Waals surface area contributed by atoms with Gasteiger partial charge in [0.2, 0.25) is 0 Å². The minimum absolute atomic E-state index is 0.528. The molecule has 0 saturated carbocycles. The molecular formula is C16H27N3O3. The van der Waals surface area contributed by atoms with Gasteiger partial charge in [0.15, 0.2) is 0 Å². The van der Waals surface area contributed by atoms with E-state index in [0.717, 1.165) is 44.2 Å². The molecule has 1 aliphatic heterocycles. The lowest BCUT2D eigenvalue weighted by Gasteiger charge is -2.33. The largest absolute Gasteiger partial charge is 0.489 e. The summed E-state index contributed by atoms with van der Waals surface area (Å²) < 4.78 is 16.3. The van der Waals surface area contributed by atoms with E-state index in [-0.39, 0.29) is 0 Å². The van der Waals surface area contributed by atoms with E-state index in [2.05, 4.69) is 27.9 Å². The third-order valence-corrected chi connectivity index (χ3v) is 3.64. The van der Waals surface area contributed by atoms with Gasteiger partial charge in [-0.1, -0.05) is 0 Å². The summed E-state index contributed by atoms with van der Waals surface area (Å²) in [7, 11) is 2.15. The lowest BCUT2D eigenvalue weighted by Crippen LogP contribution is -2.44. The van der Waals surface area contributed by atoms with Gasteiger partial charge in [0, 0.05) is 38.9 Å². The molecule has 0 amide bonds. The number of rotatable bonds is 9. The third kappa shape index (κ3) is 5.79. The molecule has 1 aromatic heterocycles. The Balaban J connectivity index is 1.70. The highest BCUT2D eigenvalue weighted by Crippen LogP contribution is 2.20. The molecule has 6 heteroatoms. The molecule has 0 atom stereocenters. The second-order valence-electron chi connectivity index (χ2n) is 5.33. The van der Waals surface area contributed by atoms with Crippen LogP contribution in [-0.4, -0.2) is 76.1 Å². The highest BCUT2D eigenvalue weighted by atomic mass is 16.5. The fourth-order valence-corrected chi connectivity index (χ4v) is 2.31. The van der Waals surface area contributed by atoms with Crippen molar-refractivity contribution in [2.45, 2.75) is 6.92 Å². The molecule has 0 radical (unpaired) electrons. The van der Waals surface area contributed by atoms with Crippen LogP contribution in [0.2, 0.25) is 0 Å². The number of piperazine rings is 1. The van der Waals surface area contributed by atoms with E-state index in [4.69, 9.17) is 14.2 Å². The Morgan fingerprint density at radius 3 is 2.50 bits per heavy atom. The highest BCUT2D eigenvalue weighted by Gasteiger charge is 2.14. The summed E-state index contributed by atoms with van der Waals surface area (Å²) in [6.07, 6.45) is 3.65. The van der Waals surface area contributed by atoms with Gasteiger partial charge in [0.05, 0.1) is 37.9 Å². The molecule has 0 aliphatic carbocycles. The Morgan fingerprint density at radius 1 is 1.00 bits per heavy atom. The fraction of sp³-hybridized carbons (Fsp3) is 0.688. The summed E-state index contributed by atoms with van der Waals surface area (Å²) >= 11 is 0. The molecule has 1 aliphatic rings. The number of pyridine rings is 1. The fourth-order valence-electron chi connectivity index (χ4n) is 2.31. The summed E-state index contributed by atoms with van der Waals surface area (Å²) in [5.74, 6) is 0.796. The number of nitrogens with zero attached hydrogens (tertiary/aromatic N) is 3. The molecule has 1 aromatic rings. The molecule has 0 bridgehead atoms. The minimum Gasteiger partial charge on any atom is -0.489 e. The van der Waals surface area contributed by atoms with Crippen molar-refractivity contribution in [2.75, 3.05) is 71.2 Å². The quantitative estimate of drug-likeness (QED) is 0.640. The molecule has 0 aromatic carbocycles. The first-order chi connectivity index (χ1) is 10.8. The monoisotopic (exact) mass is 309 g/mol. The Kier molecular flexibility index (Phi) is 7.42. The zero-order chi connectivity index (χ0) is 15.6. The molecule has 1 fully saturated rings. The number of likely N-dealkylation sites (N-methyl/N-ethyl adjacent to an activating group) is 1. The van der Waals surface area contributed by atoms with Crippen molar-refractivity contribution in [1.82, 2.24) is 9.88 Å². The topological polar surface area (TPSA) is 47.1 Å². The van der Waals surface area contributed by atoms with E-state index in [0.29, 0.717) is 26.4 Å². The number of hydrogen-bond acceptors (Lipinski definition) is 6. The molecular weight excluding hydrogens is 282 g/mol. The van der Waals surface area contributed by atoms with Gasteiger partial charge in [0.1, 0.15) is 12.4 Å². The van der Waals surface area contributed by atoms with Gasteiger partial charge in [-0.05, 0) is 14.0 Å². The second-order valence-corrected chi connectivity index (χ2v) is 5.33. The van der Waals surface area contributed by atoms with Gasteiger partial charge in [-0.2, -0.15) is 0 Å². The van der Waals surface area contributed by atoms with Crippen LogP contribution in [0.1, 0.15) is 6.92 Å². The van der Waals surface area contributed by atoms with Crippen molar-refractivity contribution in [2.24, 2.45) is 0 Å². The molecule has 0 N–H and O–H groups in total. The number of aromatic nitrogens is 1. The lowest BCUT2D eigenvalue weighted by atomic mass is 10.3. The summed E-state index contributed by atoms with van der Waals surface area (Å²) in [6, 6.07) is 2.05. The van der Waals surface area contributed by atoms with Crippen LogP contribution in [0, 0.1) is 0 Å². The predicted molar refractivity (Wildman–Crippen MR) is 86.8 cm³/mol. The summed E-state index contributed by atoms with van der Waals surface area (Å²) in [5.41, 5.74) is 1.13. The maximum absolute atomic E-state index is 5.70. The summed E-state index contributed by atoms with van der Waals surface area (Å²) in [5, 5.41) is 0. The van der Waals surface area contributed by atoms with E-state index in [9.17, 15) is 0 Å². The zero-order valence-electron chi connectivity index (χ0n) is 13.7. The van der Waals surface area contributed by atoms with E-state index in [1.165, 1.54) is 0 Å². The number of hydrogen-bond donors (Lipinski definition) is 0. The van der Waals surface area contributed by atoms with Crippen molar-refractivity contribution in [3.8, 4) is 5.75 Å². The first-order valence-electron chi connectivity index (χ1n) is 7.96. The van der Waals surface area contributed by atoms with Crippen LogP contribution >= 0.6 is 0 Å². The van der Waals surface area contributed by atoms with Gasteiger partial charge in [-0.25, -0.2) is 0 Å². The average Bonchev–Trinajstić information content (AvgIpc) is 2.55. The maximum Gasteiger partial charge on any atom is 0.139 e. The Bertz CT molecular complexity index is 423. The van der Waals surface area contributed by atoms with Crippen molar-refractivity contribution in [1.29, 1.82) is 0 Å². The number of ether oxygens (including phenoxy) is 3. The summed E-state index contributed by atoms with van der Waals surface area (Å²) in [6.45, 7) is 9.26. The first-order valence-corrected chi connectivity index (χ1v) is 7.96. The van der Waals surface area contributed by atoms with Gasteiger partial charge < -0.3 is 24.0 Å². The smallest absolute Gasteiger partial charge is 0.139 e. The molecule has 1 saturated heterocycles. The van der Waals surface area contributed by atoms with Crippen LogP contribution in [0.4, 0.5) is 5.69 Å². The molecule has 2 rings (SSSR count). The van der Waals surface area contributed by atoms with Crippen LogP contribution < -0.4 is 9.64 Å². The molecule has 6 nitrogen and oxygen atoms in total. The van der Waals surface area contributed by atoms with Crippen molar-refractivity contribution in [3.05, 3.63) is 18.5 Å². The molecule has 0 spiro atoms. The van der Waals surface area contributed by atoms with E-state index < -0.39 is 0 Å². The van der Waals surface area contributed by atoms with Crippen LogP contribution in [0.15, 0.2) is 18.5 Å².